The molecule has 1 fully saturated rings. The van der Waals surface area contributed by atoms with E-state index in [0.717, 1.165) is 32.5 Å². The van der Waals surface area contributed by atoms with Crippen molar-refractivity contribution in [3.8, 4) is 0 Å². The largest absolute Gasteiger partial charge is 0.618 e. The van der Waals surface area contributed by atoms with Gasteiger partial charge in [0.05, 0.1) is 25.2 Å². The van der Waals surface area contributed by atoms with Gasteiger partial charge in [0.1, 0.15) is 0 Å². The normalized spacial score (nSPS) is 19.0. The average Bonchev–Trinajstić information content (AvgIpc) is 3.11. The number of aliphatic hydroxyl groups excluding tert-OH is 1. The van der Waals surface area contributed by atoms with Crippen LogP contribution in [0.4, 0.5) is 5.69 Å². The molecule has 1 saturated heterocycles. The first-order valence-electron chi connectivity index (χ1n) is 15.7. The molecule has 0 bridgehead atoms. The minimum Gasteiger partial charge on any atom is -0.618 e. The molecule has 1 aliphatic heterocycles. The maximum atomic E-state index is 12.8. The van der Waals surface area contributed by atoms with Crippen LogP contribution in [0, 0.1) is 5.21 Å². The Kier molecular flexibility index (Phi) is 10.6. The molecule has 1 amide bonds. The van der Waals surface area contributed by atoms with Crippen molar-refractivity contribution >= 4 is 29.1 Å². The number of benzene rings is 4. The van der Waals surface area contributed by atoms with Gasteiger partial charge in [0.2, 0.25) is 5.91 Å². The van der Waals surface area contributed by atoms with Crippen LogP contribution in [-0.4, -0.2) is 28.7 Å². The lowest BCUT2D eigenvalue weighted by atomic mass is 9.84. The Morgan fingerprint density at radius 3 is 2.23 bits per heavy atom. The topological polar surface area (TPSA) is 112 Å². The molecular weight excluding hydrogens is 625 g/mol. The predicted molar refractivity (Wildman–Crippen MR) is 184 cm³/mol. The zero-order valence-electron chi connectivity index (χ0n) is 26.4. The van der Waals surface area contributed by atoms with Crippen molar-refractivity contribution in [2.24, 2.45) is 0 Å². The Hall–Kier alpha value is -4.80. The number of hydrogen-bond acceptors (Lipinski definition) is 7. The van der Waals surface area contributed by atoms with Gasteiger partial charge >= 0.3 is 0 Å². The molecule has 244 valence electrons. The molecule has 1 unspecified atom stereocenters. The van der Waals surface area contributed by atoms with Gasteiger partial charge in [0, 0.05) is 40.6 Å². The number of rotatable bonds is 11. The van der Waals surface area contributed by atoms with Gasteiger partial charge in [-0.25, -0.2) is 0 Å². The standard InChI is InChI=1S/C39H36N2O6S/c1-26(43)32-10-7-11-33(23-32)40-35(44)22-27-13-19-31(20-14-27)39-46-34(25-48-36-12-5-6-21-41(36)45)37(29-8-3-2-4-9-29)38(47-39)30-17-15-28(24-42)16-18-30/h2-21,23,34,37-39,42H,22,24-25H2,1H3,(H,40,44)/t34-,37-,38+,39?/m1/s1. The molecule has 48 heavy (non-hydrogen) atoms. The van der Waals surface area contributed by atoms with Crippen molar-refractivity contribution < 1.29 is 28.9 Å². The summed E-state index contributed by atoms with van der Waals surface area (Å²) >= 11 is 1.44. The maximum absolute atomic E-state index is 12.8. The fourth-order valence-electron chi connectivity index (χ4n) is 5.84. The highest BCUT2D eigenvalue weighted by molar-refractivity contribution is 7.99. The smallest absolute Gasteiger partial charge is 0.251 e. The first-order chi connectivity index (χ1) is 23.4. The SMILES string of the molecule is CC(=O)c1cccc(NC(=O)Cc2ccc(C3O[C@H](CSc4cccc[n+]4[O-])[C@@H](c4ccccc4)[C@H](c4ccc(CO)cc4)O3)cc2)c1. The molecule has 8 nitrogen and oxygen atoms in total. The number of ketones is 1. The van der Waals surface area contributed by atoms with E-state index in [4.69, 9.17) is 9.47 Å². The Balaban J connectivity index is 1.26. The highest BCUT2D eigenvalue weighted by atomic mass is 32.2. The number of thioether (sulfide) groups is 1. The molecule has 4 aromatic carbocycles. The number of nitrogens with zero attached hydrogens (tertiary/aromatic N) is 1. The third-order valence-electron chi connectivity index (χ3n) is 8.32. The van der Waals surface area contributed by atoms with Crippen LogP contribution in [0.5, 0.6) is 0 Å². The van der Waals surface area contributed by atoms with E-state index in [-0.39, 0.29) is 36.7 Å². The quantitative estimate of drug-likeness (QED) is 0.0684. The summed E-state index contributed by atoms with van der Waals surface area (Å²) in [6.07, 6.45) is 0.191. The Morgan fingerprint density at radius 2 is 1.52 bits per heavy atom. The average molecular weight is 661 g/mol. The predicted octanol–water partition coefficient (Wildman–Crippen LogP) is 6.93. The highest BCUT2D eigenvalue weighted by Gasteiger charge is 2.42. The van der Waals surface area contributed by atoms with Gasteiger partial charge in [-0.3, -0.25) is 9.59 Å². The van der Waals surface area contributed by atoms with Crippen molar-refractivity contribution in [3.05, 3.63) is 166 Å². The lowest BCUT2D eigenvalue weighted by Gasteiger charge is -2.43. The summed E-state index contributed by atoms with van der Waals surface area (Å²) in [6, 6.07) is 37.7. The van der Waals surface area contributed by atoms with E-state index in [9.17, 15) is 19.9 Å². The van der Waals surface area contributed by atoms with Gasteiger partial charge in [-0.15, -0.1) is 0 Å². The van der Waals surface area contributed by atoms with Crippen LogP contribution in [0.1, 0.15) is 63.4 Å². The second-order valence-electron chi connectivity index (χ2n) is 11.7. The number of aromatic nitrogens is 1. The van der Waals surface area contributed by atoms with Crippen molar-refractivity contribution in [2.75, 3.05) is 11.1 Å². The summed E-state index contributed by atoms with van der Waals surface area (Å²) in [5.41, 5.74) is 5.52. The van der Waals surface area contributed by atoms with E-state index < -0.39 is 12.4 Å². The van der Waals surface area contributed by atoms with Crippen LogP contribution < -0.4 is 10.0 Å². The first-order valence-corrected chi connectivity index (χ1v) is 16.7. The molecular formula is C39H36N2O6S. The van der Waals surface area contributed by atoms with Crippen LogP contribution in [0.2, 0.25) is 0 Å². The van der Waals surface area contributed by atoms with Crippen LogP contribution in [-0.2, 0) is 27.3 Å². The molecule has 1 aliphatic rings. The number of aliphatic hydroxyl groups is 1. The highest BCUT2D eigenvalue weighted by Crippen LogP contribution is 2.47. The minimum atomic E-state index is -0.717. The first kappa shape index (κ1) is 33.1. The van der Waals surface area contributed by atoms with Crippen LogP contribution >= 0.6 is 11.8 Å². The third kappa shape index (κ3) is 8.00. The van der Waals surface area contributed by atoms with E-state index >= 15 is 0 Å². The van der Waals surface area contributed by atoms with Gasteiger partial charge in [-0.2, -0.15) is 4.73 Å². The number of pyridine rings is 1. The second-order valence-corrected chi connectivity index (χ2v) is 12.7. The van der Waals surface area contributed by atoms with Crippen LogP contribution in [0.3, 0.4) is 0 Å². The molecule has 5 aromatic rings. The molecule has 1 aromatic heterocycles. The zero-order valence-corrected chi connectivity index (χ0v) is 27.2. The molecule has 2 N–H and O–H groups in total. The van der Waals surface area contributed by atoms with E-state index in [1.54, 1.807) is 36.4 Å². The van der Waals surface area contributed by atoms with Crippen LogP contribution in [0.25, 0.3) is 0 Å². The summed E-state index contributed by atoms with van der Waals surface area (Å²) in [5.74, 6) is 0.0470. The lowest BCUT2D eigenvalue weighted by molar-refractivity contribution is -0.645. The van der Waals surface area contributed by atoms with Crippen LogP contribution in [0.15, 0.2) is 133 Å². The number of carbonyl (C=O) groups excluding carboxylic acids is 2. The van der Waals surface area contributed by atoms with E-state index in [0.29, 0.717) is 22.0 Å². The molecule has 2 heterocycles. The van der Waals surface area contributed by atoms with Gasteiger partial charge in [0.25, 0.3) is 5.03 Å². The number of anilines is 1. The van der Waals surface area contributed by atoms with Gasteiger partial charge in [0.15, 0.2) is 18.3 Å². The van der Waals surface area contributed by atoms with Gasteiger partial charge in [-0.05, 0) is 47.4 Å². The molecule has 0 spiro atoms. The summed E-state index contributed by atoms with van der Waals surface area (Å²) in [5, 5.41) is 25.6. The van der Waals surface area contributed by atoms with Gasteiger partial charge in [-0.1, -0.05) is 103 Å². The molecule has 0 radical (unpaired) electrons. The van der Waals surface area contributed by atoms with E-state index in [1.165, 1.54) is 24.9 Å². The molecule has 0 saturated carbocycles. The maximum Gasteiger partial charge on any atom is 0.251 e. The molecule has 9 heteroatoms. The summed E-state index contributed by atoms with van der Waals surface area (Å²) in [6.45, 7) is 1.44. The fraction of sp³-hybridized carbons (Fsp3) is 0.205. The Bertz CT molecular complexity index is 1850. The molecule has 0 aliphatic carbocycles. The van der Waals surface area contributed by atoms with Crippen molar-refractivity contribution in [1.82, 2.24) is 0 Å². The number of nitrogens with one attached hydrogen (secondary N) is 1. The van der Waals surface area contributed by atoms with Crippen molar-refractivity contribution in [1.29, 1.82) is 0 Å². The second kappa shape index (κ2) is 15.4. The number of carbonyl (C=O) groups is 2. The monoisotopic (exact) mass is 660 g/mol. The lowest BCUT2D eigenvalue weighted by Crippen LogP contribution is -2.39. The Labute approximate surface area is 283 Å². The summed E-state index contributed by atoms with van der Waals surface area (Å²) < 4.78 is 14.4. The van der Waals surface area contributed by atoms with Crippen molar-refractivity contribution in [2.45, 2.75) is 49.4 Å². The summed E-state index contributed by atoms with van der Waals surface area (Å²) in [7, 11) is 0. The van der Waals surface area contributed by atoms with E-state index in [2.05, 4.69) is 17.4 Å². The molecule has 6 rings (SSSR count). The number of Topliss-reactive ketones (excluding diaryl/α,β-unsaturated/α-hetero) is 1. The van der Waals surface area contributed by atoms with Crippen molar-refractivity contribution in [3.63, 3.8) is 0 Å². The number of ether oxygens (including phenoxy) is 2. The fourth-order valence-corrected chi connectivity index (χ4v) is 6.83. The third-order valence-corrected chi connectivity index (χ3v) is 9.43. The van der Waals surface area contributed by atoms with E-state index in [1.807, 2.05) is 72.8 Å². The summed E-state index contributed by atoms with van der Waals surface area (Å²) in [4.78, 5) is 24.6. The number of hydrogen-bond donors (Lipinski definition) is 2. The Morgan fingerprint density at radius 1 is 0.812 bits per heavy atom. The molecule has 4 atom stereocenters. The van der Waals surface area contributed by atoms with Gasteiger partial charge < -0.3 is 25.1 Å². The number of amides is 1. The minimum absolute atomic E-state index is 0.0552. The zero-order chi connectivity index (χ0) is 33.5.